The smallest absolute Gasteiger partial charge is 0.0207 e. The second-order valence-corrected chi connectivity index (χ2v) is 10.4. The van der Waals surface area contributed by atoms with Crippen molar-refractivity contribution in [1.29, 1.82) is 0 Å². The zero-order valence-electron chi connectivity index (χ0n) is 19.0. The van der Waals surface area contributed by atoms with Crippen LogP contribution in [0, 0.1) is 0 Å². The first-order valence-electron chi connectivity index (χ1n) is 12.0. The first-order valence-corrected chi connectivity index (χ1v) is 12.8. The minimum Gasteiger partial charge on any atom is -0.0888 e. The normalized spacial score (nSPS) is 12.5. The molecule has 7 aromatic carbocycles. The van der Waals surface area contributed by atoms with Crippen molar-refractivity contribution in [2.24, 2.45) is 0 Å². The molecule has 8 rings (SSSR count). The summed E-state index contributed by atoms with van der Waals surface area (Å²) in [7, 11) is 0. The van der Waals surface area contributed by atoms with Gasteiger partial charge >= 0.3 is 0 Å². The molecular weight excluding hydrogens is 440 g/mol. The van der Waals surface area contributed by atoms with E-state index in [1.165, 1.54) is 75.1 Å². The topological polar surface area (TPSA) is 0 Å². The molecule has 1 aliphatic heterocycles. The van der Waals surface area contributed by atoms with E-state index in [1.807, 2.05) is 11.8 Å². The van der Waals surface area contributed by atoms with Crippen LogP contribution in [0.5, 0.6) is 0 Å². The number of benzene rings is 7. The maximum absolute atomic E-state index is 2.38. The summed E-state index contributed by atoms with van der Waals surface area (Å²) in [6.45, 7) is 0. The average molecular weight is 461 g/mol. The molecule has 0 radical (unpaired) electrons. The van der Waals surface area contributed by atoms with Crippen LogP contribution < -0.4 is 0 Å². The second-order valence-electron chi connectivity index (χ2n) is 9.36. The molecule has 0 N–H and O–H groups in total. The van der Waals surface area contributed by atoms with Gasteiger partial charge in [-0.15, -0.1) is 0 Å². The average Bonchev–Trinajstić information content (AvgIpc) is 2.91. The van der Waals surface area contributed by atoms with Gasteiger partial charge in [-0.2, -0.15) is 0 Å². The quantitative estimate of drug-likeness (QED) is 0.173. The molecule has 0 bridgehead atoms. The van der Waals surface area contributed by atoms with Gasteiger partial charge in [0.1, 0.15) is 0 Å². The highest BCUT2D eigenvalue weighted by Gasteiger charge is 2.19. The molecule has 0 amide bonds. The van der Waals surface area contributed by atoms with Gasteiger partial charge in [-0.05, 0) is 84.2 Å². The van der Waals surface area contributed by atoms with E-state index in [-0.39, 0.29) is 0 Å². The van der Waals surface area contributed by atoms with Gasteiger partial charge in [-0.1, -0.05) is 109 Å². The standard InChI is InChI=1S/C34H20S/c1-2-7-23-19-31-24(18-22(23)6-1)14-16-28-26(10-5-11-27(28)31)25-15-17-29-30-12-3-8-21-9-4-13-32(34(21)30)35-33(29)20-25/h1-20H. The molecule has 162 valence electrons. The largest absolute Gasteiger partial charge is 0.0888 e. The van der Waals surface area contributed by atoms with Crippen molar-refractivity contribution < 1.29 is 0 Å². The van der Waals surface area contributed by atoms with E-state index in [9.17, 15) is 0 Å². The molecule has 1 heteroatoms. The number of hydrogen-bond donors (Lipinski definition) is 0. The van der Waals surface area contributed by atoms with Crippen LogP contribution in [0.3, 0.4) is 0 Å². The van der Waals surface area contributed by atoms with E-state index in [0.717, 1.165) is 0 Å². The maximum Gasteiger partial charge on any atom is 0.0207 e. The third-order valence-electron chi connectivity index (χ3n) is 7.41. The van der Waals surface area contributed by atoms with Crippen molar-refractivity contribution >= 4 is 54.9 Å². The van der Waals surface area contributed by atoms with Gasteiger partial charge in [0, 0.05) is 15.2 Å². The molecule has 0 spiro atoms. The molecule has 1 aliphatic rings. The van der Waals surface area contributed by atoms with E-state index in [2.05, 4.69) is 121 Å². The lowest BCUT2D eigenvalue weighted by molar-refractivity contribution is 1.40. The zero-order chi connectivity index (χ0) is 22.9. The summed E-state index contributed by atoms with van der Waals surface area (Å²) >= 11 is 1.89. The fourth-order valence-electron chi connectivity index (χ4n) is 5.76. The summed E-state index contributed by atoms with van der Waals surface area (Å²) in [4.78, 5) is 2.68. The summed E-state index contributed by atoms with van der Waals surface area (Å²) in [6.07, 6.45) is 0. The van der Waals surface area contributed by atoms with Crippen LogP contribution in [0.15, 0.2) is 131 Å². The van der Waals surface area contributed by atoms with Crippen LogP contribution in [-0.4, -0.2) is 0 Å². The summed E-state index contributed by atoms with van der Waals surface area (Å²) in [5, 5.41) is 10.5. The fraction of sp³-hybridized carbons (Fsp3) is 0. The van der Waals surface area contributed by atoms with Crippen molar-refractivity contribution in [1.82, 2.24) is 0 Å². The Labute approximate surface area is 207 Å². The molecular formula is C34H20S. The van der Waals surface area contributed by atoms with E-state index in [4.69, 9.17) is 0 Å². The molecule has 0 nitrogen and oxygen atoms in total. The van der Waals surface area contributed by atoms with Crippen LogP contribution in [-0.2, 0) is 0 Å². The van der Waals surface area contributed by atoms with E-state index < -0.39 is 0 Å². The fourth-order valence-corrected chi connectivity index (χ4v) is 6.95. The second kappa shape index (κ2) is 7.21. The SMILES string of the molecule is c1ccc2cc3c(ccc4c(-c5ccc6c(c5)Sc5cccc7cccc-6c57)cccc43)cc2c1. The third-order valence-corrected chi connectivity index (χ3v) is 8.53. The number of fused-ring (bicyclic) bond motifs is 6. The predicted octanol–water partition coefficient (Wildman–Crippen LogP) is 10.1. The van der Waals surface area contributed by atoms with Gasteiger partial charge in [-0.3, -0.25) is 0 Å². The van der Waals surface area contributed by atoms with Crippen LogP contribution in [0.25, 0.3) is 65.3 Å². The Morgan fingerprint density at radius 3 is 2.06 bits per heavy atom. The van der Waals surface area contributed by atoms with Crippen molar-refractivity contribution in [3.05, 3.63) is 121 Å². The Bertz CT molecular complexity index is 1970. The minimum atomic E-state index is 1.27. The predicted molar refractivity (Wildman–Crippen MR) is 151 cm³/mol. The lowest BCUT2D eigenvalue weighted by Crippen LogP contribution is -1.93. The number of hydrogen-bond acceptors (Lipinski definition) is 1. The molecule has 0 saturated heterocycles. The maximum atomic E-state index is 2.38. The van der Waals surface area contributed by atoms with Crippen LogP contribution in [0.1, 0.15) is 0 Å². The summed E-state index contributed by atoms with van der Waals surface area (Å²) in [6, 6.07) is 44.9. The Balaban J connectivity index is 1.34. The van der Waals surface area contributed by atoms with Crippen molar-refractivity contribution in [3.8, 4) is 22.3 Å². The summed E-state index contributed by atoms with van der Waals surface area (Å²) in [5.41, 5.74) is 5.24. The number of rotatable bonds is 1. The summed E-state index contributed by atoms with van der Waals surface area (Å²) in [5.74, 6) is 0. The van der Waals surface area contributed by atoms with Crippen LogP contribution in [0.4, 0.5) is 0 Å². The highest BCUT2D eigenvalue weighted by atomic mass is 32.2. The van der Waals surface area contributed by atoms with Gasteiger partial charge in [0.25, 0.3) is 0 Å². The Kier molecular flexibility index (Phi) is 3.97. The molecule has 0 fully saturated rings. The molecule has 1 heterocycles. The Morgan fingerprint density at radius 1 is 0.371 bits per heavy atom. The monoisotopic (exact) mass is 460 g/mol. The Hall–Kier alpha value is -4.07. The van der Waals surface area contributed by atoms with Crippen molar-refractivity contribution in [2.75, 3.05) is 0 Å². The first kappa shape index (κ1) is 19.3. The van der Waals surface area contributed by atoms with Crippen molar-refractivity contribution in [2.45, 2.75) is 9.79 Å². The molecule has 35 heavy (non-hydrogen) atoms. The minimum absolute atomic E-state index is 1.27. The van der Waals surface area contributed by atoms with Crippen LogP contribution >= 0.6 is 11.8 Å². The third kappa shape index (κ3) is 2.82. The molecule has 0 aromatic heterocycles. The lowest BCUT2D eigenvalue weighted by atomic mass is 9.92. The lowest BCUT2D eigenvalue weighted by Gasteiger charge is -2.21. The molecule has 0 unspecified atom stereocenters. The molecule has 0 aliphatic carbocycles. The van der Waals surface area contributed by atoms with Crippen molar-refractivity contribution in [3.63, 3.8) is 0 Å². The van der Waals surface area contributed by atoms with Gasteiger partial charge < -0.3 is 0 Å². The van der Waals surface area contributed by atoms with Crippen LogP contribution in [0.2, 0.25) is 0 Å². The molecule has 0 saturated carbocycles. The van der Waals surface area contributed by atoms with Gasteiger partial charge in [0.05, 0.1) is 0 Å². The zero-order valence-corrected chi connectivity index (χ0v) is 19.8. The van der Waals surface area contributed by atoms with E-state index in [1.54, 1.807) is 0 Å². The first-order chi connectivity index (χ1) is 17.3. The van der Waals surface area contributed by atoms with Gasteiger partial charge in [0.2, 0.25) is 0 Å². The van der Waals surface area contributed by atoms with E-state index in [0.29, 0.717) is 0 Å². The van der Waals surface area contributed by atoms with Gasteiger partial charge in [0.15, 0.2) is 0 Å². The molecule has 0 atom stereocenters. The van der Waals surface area contributed by atoms with E-state index >= 15 is 0 Å². The Morgan fingerprint density at radius 2 is 1.14 bits per heavy atom. The molecule has 7 aromatic rings. The van der Waals surface area contributed by atoms with Gasteiger partial charge in [-0.25, -0.2) is 0 Å². The summed E-state index contributed by atoms with van der Waals surface area (Å²) < 4.78 is 0. The highest BCUT2D eigenvalue weighted by Crippen LogP contribution is 2.49. The highest BCUT2D eigenvalue weighted by molar-refractivity contribution is 7.99.